The summed E-state index contributed by atoms with van der Waals surface area (Å²) in [4.78, 5) is 20.5. The number of fused-ring (bicyclic) bond motifs is 1. The maximum Gasteiger partial charge on any atom is 0.240 e. The van der Waals surface area contributed by atoms with E-state index in [9.17, 15) is 4.79 Å². The highest BCUT2D eigenvalue weighted by Gasteiger charge is 2.32. The largest absolute Gasteiger partial charge is 0.344 e. The number of hydrogen-bond acceptors (Lipinski definition) is 5. The highest BCUT2D eigenvalue weighted by Crippen LogP contribution is 2.23. The topological polar surface area (TPSA) is 93.9 Å². The van der Waals surface area contributed by atoms with Gasteiger partial charge in [0.05, 0.1) is 17.1 Å². The molecule has 1 aliphatic rings. The van der Waals surface area contributed by atoms with Crippen molar-refractivity contribution in [1.82, 2.24) is 31.7 Å². The quantitative estimate of drug-likeness (QED) is 0.581. The highest BCUT2D eigenvalue weighted by molar-refractivity contribution is 5.83. The summed E-state index contributed by atoms with van der Waals surface area (Å²) in [6.07, 6.45) is 0. The smallest absolute Gasteiger partial charge is 0.240 e. The number of hydrazine groups is 2. The number of benzene rings is 1. The Balaban J connectivity index is 1.84. The second-order valence-electron chi connectivity index (χ2n) is 6.55. The summed E-state index contributed by atoms with van der Waals surface area (Å²) in [7, 11) is 0. The molecule has 1 fully saturated rings. The van der Waals surface area contributed by atoms with Crippen molar-refractivity contribution in [2.45, 2.75) is 45.8 Å². The fourth-order valence-electron chi connectivity index (χ4n) is 2.82. The fourth-order valence-corrected chi connectivity index (χ4v) is 2.82. The summed E-state index contributed by atoms with van der Waals surface area (Å²) in [6.45, 7) is 8.15. The fraction of sp³-hybridized carbons (Fsp3) is 0.500. The minimum absolute atomic E-state index is 0.0149. The number of amides is 1. The Morgan fingerprint density at radius 1 is 1.30 bits per heavy atom. The first-order valence-corrected chi connectivity index (χ1v) is 7.98. The first kappa shape index (κ1) is 15.9. The molecule has 0 saturated carbocycles. The van der Waals surface area contributed by atoms with Gasteiger partial charge >= 0.3 is 0 Å². The van der Waals surface area contributed by atoms with Crippen molar-refractivity contribution in [2.75, 3.05) is 0 Å². The highest BCUT2D eigenvalue weighted by atomic mass is 16.2. The normalized spacial score (nSPS) is 22.7. The van der Waals surface area contributed by atoms with Crippen LogP contribution in [0, 0.1) is 12.8 Å². The molecule has 0 spiro atoms. The number of hydrogen-bond donors (Lipinski definition) is 5. The first-order chi connectivity index (χ1) is 11.0. The van der Waals surface area contributed by atoms with Gasteiger partial charge in [-0.1, -0.05) is 19.9 Å². The van der Waals surface area contributed by atoms with E-state index in [1.807, 2.05) is 19.1 Å². The van der Waals surface area contributed by atoms with Gasteiger partial charge in [0.25, 0.3) is 0 Å². The van der Waals surface area contributed by atoms with Gasteiger partial charge in [-0.05, 0) is 37.5 Å². The second kappa shape index (κ2) is 6.27. The lowest BCUT2D eigenvalue weighted by atomic mass is 10.0. The number of rotatable bonds is 4. The monoisotopic (exact) mass is 316 g/mol. The second-order valence-corrected chi connectivity index (χ2v) is 6.55. The minimum Gasteiger partial charge on any atom is -0.344 e. The molecule has 0 aliphatic carbocycles. The lowest BCUT2D eigenvalue weighted by Gasteiger charge is -2.23. The van der Waals surface area contributed by atoms with Crippen molar-refractivity contribution in [1.29, 1.82) is 0 Å². The zero-order chi connectivity index (χ0) is 16.6. The summed E-state index contributed by atoms with van der Waals surface area (Å²) in [5.41, 5.74) is 11.8. The van der Waals surface area contributed by atoms with Gasteiger partial charge in [-0.3, -0.25) is 4.79 Å². The van der Waals surface area contributed by atoms with E-state index in [1.165, 1.54) is 5.56 Å². The molecule has 3 atom stereocenters. The van der Waals surface area contributed by atoms with Crippen LogP contribution in [0.3, 0.4) is 0 Å². The third-order valence-corrected chi connectivity index (χ3v) is 4.22. The van der Waals surface area contributed by atoms with Crippen LogP contribution in [-0.4, -0.2) is 28.0 Å². The number of aryl methyl sites for hydroxylation is 1. The lowest BCUT2D eigenvalue weighted by molar-refractivity contribution is -0.124. The Labute approximate surface area is 135 Å². The summed E-state index contributed by atoms with van der Waals surface area (Å²) in [5.74, 6) is 0.962. The van der Waals surface area contributed by atoms with Gasteiger partial charge in [-0.2, -0.15) is 5.53 Å². The average molecular weight is 316 g/mol. The van der Waals surface area contributed by atoms with E-state index >= 15 is 0 Å². The van der Waals surface area contributed by atoms with Crippen molar-refractivity contribution >= 4 is 16.9 Å². The SMILES string of the molecule is Cc1ccc2nc(C(NC(=O)C3NNNC3C)C(C)C)[nH]c2c1. The minimum atomic E-state index is -0.317. The number of nitrogens with one attached hydrogen (secondary N) is 5. The number of aromatic amines is 1. The molecule has 3 rings (SSSR count). The zero-order valence-electron chi connectivity index (χ0n) is 13.9. The van der Waals surface area contributed by atoms with Crippen LogP contribution in [-0.2, 0) is 4.79 Å². The Bertz CT molecular complexity index is 710. The number of imidazole rings is 1. The molecule has 1 aromatic carbocycles. The van der Waals surface area contributed by atoms with E-state index in [0.717, 1.165) is 16.9 Å². The number of carbonyl (C=O) groups excluding carboxylic acids is 1. The summed E-state index contributed by atoms with van der Waals surface area (Å²) in [6, 6.07) is 5.64. The van der Waals surface area contributed by atoms with Crippen LogP contribution in [0.5, 0.6) is 0 Å². The van der Waals surface area contributed by atoms with E-state index < -0.39 is 0 Å². The Hall–Kier alpha value is -1.96. The summed E-state index contributed by atoms with van der Waals surface area (Å²) < 4.78 is 0. The molecule has 124 valence electrons. The Morgan fingerprint density at radius 3 is 2.74 bits per heavy atom. The van der Waals surface area contributed by atoms with E-state index in [0.29, 0.717) is 0 Å². The maximum atomic E-state index is 12.5. The molecule has 2 aromatic rings. The average Bonchev–Trinajstić information content (AvgIpc) is 3.09. The molecule has 2 heterocycles. The predicted octanol–water partition coefficient (Wildman–Crippen LogP) is 1.05. The number of H-pyrrole nitrogens is 1. The molecule has 7 nitrogen and oxygen atoms in total. The molecule has 1 aliphatic heterocycles. The number of nitrogens with zero attached hydrogens (tertiary/aromatic N) is 1. The first-order valence-electron chi connectivity index (χ1n) is 7.98. The van der Waals surface area contributed by atoms with Crippen LogP contribution in [0.4, 0.5) is 0 Å². The van der Waals surface area contributed by atoms with Crippen LogP contribution in [0.15, 0.2) is 18.2 Å². The van der Waals surface area contributed by atoms with Crippen molar-refractivity contribution in [3.8, 4) is 0 Å². The van der Waals surface area contributed by atoms with Gasteiger partial charge < -0.3 is 10.3 Å². The molecule has 1 saturated heterocycles. The van der Waals surface area contributed by atoms with Gasteiger partial charge in [0.15, 0.2) is 0 Å². The van der Waals surface area contributed by atoms with E-state index in [1.54, 1.807) is 0 Å². The van der Waals surface area contributed by atoms with Gasteiger partial charge in [-0.15, -0.1) is 0 Å². The molecular weight excluding hydrogens is 292 g/mol. The Kier molecular flexibility index (Phi) is 4.34. The van der Waals surface area contributed by atoms with Crippen molar-refractivity contribution in [2.24, 2.45) is 5.92 Å². The number of aromatic nitrogens is 2. The van der Waals surface area contributed by atoms with E-state index in [2.05, 4.69) is 58.5 Å². The standard InChI is InChI=1S/C16H24N6O/c1-8(2)13(19-16(23)14-10(4)20-22-21-14)15-17-11-6-5-9(3)7-12(11)18-15/h5-8,10,13-14,20-22H,1-4H3,(H,17,18)(H,19,23). The predicted molar refractivity (Wildman–Crippen MR) is 89.2 cm³/mol. The molecule has 0 bridgehead atoms. The van der Waals surface area contributed by atoms with Crippen molar-refractivity contribution < 1.29 is 4.79 Å². The van der Waals surface area contributed by atoms with Crippen LogP contribution < -0.4 is 21.7 Å². The molecule has 1 amide bonds. The number of carbonyl (C=O) groups is 1. The van der Waals surface area contributed by atoms with Gasteiger partial charge in [-0.25, -0.2) is 15.8 Å². The lowest BCUT2D eigenvalue weighted by Crippen LogP contribution is -2.48. The molecule has 7 heteroatoms. The molecule has 1 aromatic heterocycles. The molecule has 3 unspecified atom stereocenters. The third kappa shape index (κ3) is 3.21. The van der Waals surface area contributed by atoms with Crippen LogP contribution >= 0.6 is 0 Å². The summed E-state index contributed by atoms with van der Waals surface area (Å²) >= 11 is 0. The van der Waals surface area contributed by atoms with E-state index in [-0.39, 0.29) is 30.0 Å². The van der Waals surface area contributed by atoms with Gasteiger partial charge in [0.1, 0.15) is 11.9 Å². The van der Waals surface area contributed by atoms with E-state index in [4.69, 9.17) is 0 Å². The molecule has 5 N–H and O–H groups in total. The Morgan fingerprint density at radius 2 is 2.09 bits per heavy atom. The van der Waals surface area contributed by atoms with Gasteiger partial charge in [0.2, 0.25) is 5.91 Å². The maximum absolute atomic E-state index is 12.5. The van der Waals surface area contributed by atoms with Crippen LogP contribution in [0.1, 0.15) is 38.2 Å². The molecular formula is C16H24N6O. The van der Waals surface area contributed by atoms with Crippen LogP contribution in [0.25, 0.3) is 11.0 Å². The van der Waals surface area contributed by atoms with Crippen molar-refractivity contribution in [3.05, 3.63) is 29.6 Å². The molecule has 0 radical (unpaired) electrons. The summed E-state index contributed by atoms with van der Waals surface area (Å²) in [5, 5.41) is 3.11. The van der Waals surface area contributed by atoms with Crippen LogP contribution in [0.2, 0.25) is 0 Å². The van der Waals surface area contributed by atoms with Crippen molar-refractivity contribution in [3.63, 3.8) is 0 Å². The molecule has 23 heavy (non-hydrogen) atoms. The zero-order valence-corrected chi connectivity index (χ0v) is 13.9. The van der Waals surface area contributed by atoms with Gasteiger partial charge in [0, 0.05) is 6.04 Å². The third-order valence-electron chi connectivity index (χ3n) is 4.22.